The Balaban J connectivity index is 0.000000258. The predicted molar refractivity (Wildman–Crippen MR) is 120 cm³/mol. The van der Waals surface area contributed by atoms with Crippen molar-refractivity contribution in [2.75, 3.05) is 6.54 Å². The molecule has 2 heterocycles. The van der Waals surface area contributed by atoms with Crippen molar-refractivity contribution >= 4 is 23.6 Å². The van der Waals surface area contributed by atoms with Crippen molar-refractivity contribution in [3.8, 4) is 0 Å². The summed E-state index contributed by atoms with van der Waals surface area (Å²) < 4.78 is 0. The van der Waals surface area contributed by atoms with Crippen LogP contribution >= 0.6 is 0 Å². The van der Waals surface area contributed by atoms with E-state index >= 15 is 0 Å². The average molecular weight is 447 g/mol. The van der Waals surface area contributed by atoms with Gasteiger partial charge in [0.25, 0.3) is 0 Å². The van der Waals surface area contributed by atoms with E-state index in [2.05, 4.69) is 4.98 Å². The van der Waals surface area contributed by atoms with Crippen LogP contribution in [0.3, 0.4) is 0 Å². The Morgan fingerprint density at radius 2 is 1.75 bits per heavy atom. The van der Waals surface area contributed by atoms with Crippen LogP contribution in [0.1, 0.15) is 74.8 Å². The number of amidine groups is 1. The van der Waals surface area contributed by atoms with Crippen molar-refractivity contribution in [1.29, 1.82) is 5.41 Å². The Kier molecular flexibility index (Phi) is 7.95. The first-order valence-electron chi connectivity index (χ1n) is 10.9. The number of pyridine rings is 1. The lowest BCUT2D eigenvalue weighted by Crippen LogP contribution is -2.64. The second kappa shape index (κ2) is 10.1. The third kappa shape index (κ3) is 4.90. The summed E-state index contributed by atoms with van der Waals surface area (Å²) in [6.45, 7) is 4.20. The van der Waals surface area contributed by atoms with Crippen LogP contribution in [-0.4, -0.2) is 56.7 Å². The standard InChI is InChI=1S/C15H26N2O3.C7H8N4O/c1-11(16)12(18)17-10-6-9-15(17,13(19)20)14(2)7-4-3-5-8-14;8-6(9)5-2-1-4(3-11-5)7(10)12/h11H,3-10,16H2,1-2H3,(H,19,20);1-3H,(H3,8,9)(H2,10,12)/t11-,15-;/m0./s1. The zero-order chi connectivity index (χ0) is 24.1. The molecule has 10 nitrogen and oxygen atoms in total. The van der Waals surface area contributed by atoms with Gasteiger partial charge in [0.1, 0.15) is 17.1 Å². The number of hydrogen-bond donors (Lipinski definition) is 5. The van der Waals surface area contributed by atoms with Crippen molar-refractivity contribution in [1.82, 2.24) is 9.88 Å². The lowest BCUT2D eigenvalue weighted by Gasteiger charge is -2.50. The van der Waals surface area contributed by atoms with Gasteiger partial charge in [0.2, 0.25) is 11.8 Å². The Bertz CT molecular complexity index is 831. The van der Waals surface area contributed by atoms with E-state index in [4.69, 9.17) is 22.6 Å². The van der Waals surface area contributed by atoms with Crippen LogP contribution in [0.5, 0.6) is 0 Å². The third-order valence-corrected chi connectivity index (χ3v) is 6.67. The van der Waals surface area contributed by atoms with E-state index in [0.29, 0.717) is 24.2 Å². The van der Waals surface area contributed by atoms with Gasteiger partial charge in [-0.2, -0.15) is 0 Å². The van der Waals surface area contributed by atoms with Crippen molar-refractivity contribution in [2.24, 2.45) is 22.6 Å². The van der Waals surface area contributed by atoms with E-state index in [9.17, 15) is 19.5 Å². The molecule has 2 aliphatic rings. The van der Waals surface area contributed by atoms with Crippen LogP contribution in [-0.2, 0) is 9.59 Å². The summed E-state index contributed by atoms with van der Waals surface area (Å²) in [6, 6.07) is 2.31. The van der Waals surface area contributed by atoms with E-state index in [1.54, 1.807) is 11.8 Å². The largest absolute Gasteiger partial charge is 0.479 e. The Morgan fingerprint density at radius 1 is 1.12 bits per heavy atom. The van der Waals surface area contributed by atoms with Gasteiger partial charge in [-0.25, -0.2) is 4.79 Å². The summed E-state index contributed by atoms with van der Waals surface area (Å²) >= 11 is 0. The molecule has 2 amide bonds. The summed E-state index contributed by atoms with van der Waals surface area (Å²) in [4.78, 5) is 40.4. The first kappa shape index (κ1) is 25.3. The number of hydrogen-bond acceptors (Lipinski definition) is 6. The minimum atomic E-state index is -1.06. The topological polar surface area (TPSA) is 189 Å². The van der Waals surface area contributed by atoms with Gasteiger partial charge >= 0.3 is 5.97 Å². The molecule has 0 radical (unpaired) electrons. The van der Waals surface area contributed by atoms with Crippen molar-refractivity contribution in [2.45, 2.75) is 70.4 Å². The number of aromatic nitrogens is 1. The maximum Gasteiger partial charge on any atom is 0.330 e. The maximum atomic E-state index is 12.4. The summed E-state index contributed by atoms with van der Waals surface area (Å²) in [6.07, 6.45) is 7.60. The summed E-state index contributed by atoms with van der Waals surface area (Å²) in [5, 5.41) is 17.0. The molecule has 10 heteroatoms. The molecule has 1 aliphatic carbocycles. The molecule has 1 saturated carbocycles. The van der Waals surface area contributed by atoms with E-state index in [-0.39, 0.29) is 17.2 Å². The number of amides is 2. The van der Waals surface area contributed by atoms with Crippen LogP contribution in [0.4, 0.5) is 0 Å². The van der Waals surface area contributed by atoms with Gasteiger partial charge in [-0.3, -0.25) is 20.0 Å². The first-order chi connectivity index (χ1) is 15.0. The molecule has 0 aromatic carbocycles. The molecule has 8 N–H and O–H groups in total. The average Bonchev–Trinajstić information content (AvgIpc) is 3.21. The summed E-state index contributed by atoms with van der Waals surface area (Å²) in [5.74, 6) is -1.76. The fraction of sp³-hybridized carbons (Fsp3) is 0.591. The minimum Gasteiger partial charge on any atom is -0.479 e. The number of primary amides is 1. The number of nitrogens with one attached hydrogen (secondary N) is 1. The Hall–Kier alpha value is -3.01. The molecular formula is C22H34N6O4. The molecule has 1 aromatic rings. The zero-order valence-electron chi connectivity index (χ0n) is 18.8. The van der Waals surface area contributed by atoms with Crippen molar-refractivity contribution in [3.05, 3.63) is 29.6 Å². The summed E-state index contributed by atoms with van der Waals surface area (Å²) in [5.41, 5.74) is 15.1. The Morgan fingerprint density at radius 3 is 2.19 bits per heavy atom. The SMILES string of the molecule is C[C@H](N)C(=O)N1CCC[C@]1(C(=O)O)C1(C)CCCCC1.N=C(N)c1ccc(C(N)=O)cn1. The number of carbonyl (C=O) groups is 3. The first-order valence-corrected chi connectivity index (χ1v) is 10.9. The molecule has 1 aromatic heterocycles. The molecule has 2 atom stereocenters. The number of nitrogens with zero attached hydrogens (tertiary/aromatic N) is 2. The number of aliphatic carboxylic acids is 1. The highest BCUT2D eigenvalue weighted by Crippen LogP contribution is 2.52. The molecule has 2 fully saturated rings. The second-order valence-electron chi connectivity index (χ2n) is 8.88. The van der Waals surface area contributed by atoms with Crippen LogP contribution in [0.25, 0.3) is 0 Å². The predicted octanol–water partition coefficient (Wildman–Crippen LogP) is 1.21. The maximum absolute atomic E-state index is 12.4. The normalized spacial score (nSPS) is 22.9. The Labute approximate surface area is 188 Å². The molecule has 0 spiro atoms. The number of nitrogens with two attached hydrogens (primary N) is 3. The van der Waals surface area contributed by atoms with E-state index in [0.717, 1.165) is 38.5 Å². The highest BCUT2D eigenvalue weighted by Gasteiger charge is 2.61. The van der Waals surface area contributed by atoms with Crippen molar-refractivity contribution in [3.63, 3.8) is 0 Å². The number of carboxylic acid groups (broad SMARTS) is 1. The fourth-order valence-corrected chi connectivity index (χ4v) is 4.92. The van der Waals surface area contributed by atoms with E-state index < -0.39 is 23.5 Å². The molecule has 1 saturated heterocycles. The third-order valence-electron chi connectivity index (χ3n) is 6.67. The monoisotopic (exact) mass is 446 g/mol. The summed E-state index contributed by atoms with van der Waals surface area (Å²) in [7, 11) is 0. The van der Waals surface area contributed by atoms with Crippen molar-refractivity contribution < 1.29 is 19.5 Å². The minimum absolute atomic E-state index is 0.133. The van der Waals surface area contributed by atoms with Gasteiger partial charge in [0.15, 0.2) is 0 Å². The van der Waals surface area contributed by atoms with Gasteiger partial charge in [-0.15, -0.1) is 0 Å². The number of carboxylic acids is 1. The number of carbonyl (C=O) groups excluding carboxylic acids is 2. The molecule has 176 valence electrons. The van der Waals surface area contributed by atoms with Crippen LogP contribution < -0.4 is 17.2 Å². The number of nitrogen functional groups attached to an aromatic ring is 1. The zero-order valence-corrected chi connectivity index (χ0v) is 18.8. The molecular weight excluding hydrogens is 412 g/mol. The molecule has 0 bridgehead atoms. The lowest BCUT2D eigenvalue weighted by atomic mass is 9.61. The van der Waals surface area contributed by atoms with E-state index in [1.807, 2.05) is 6.92 Å². The molecule has 0 unspecified atom stereocenters. The van der Waals surface area contributed by atoms with Gasteiger partial charge in [-0.05, 0) is 44.7 Å². The number of likely N-dealkylation sites (tertiary alicyclic amines) is 1. The molecule has 1 aliphatic heterocycles. The highest BCUT2D eigenvalue weighted by molar-refractivity contribution is 5.95. The quantitative estimate of drug-likeness (QED) is 0.331. The van der Waals surface area contributed by atoms with Gasteiger partial charge in [0, 0.05) is 18.2 Å². The van der Waals surface area contributed by atoms with Crippen LogP contribution in [0.15, 0.2) is 18.3 Å². The molecule has 3 rings (SSSR count). The van der Waals surface area contributed by atoms with Gasteiger partial charge in [0.05, 0.1) is 11.6 Å². The van der Waals surface area contributed by atoms with E-state index in [1.165, 1.54) is 18.3 Å². The number of rotatable bonds is 5. The van der Waals surface area contributed by atoms with Gasteiger partial charge in [-0.1, -0.05) is 26.2 Å². The second-order valence-corrected chi connectivity index (χ2v) is 8.88. The molecule has 32 heavy (non-hydrogen) atoms. The fourth-order valence-electron chi connectivity index (χ4n) is 4.92. The van der Waals surface area contributed by atoms with Crippen LogP contribution in [0, 0.1) is 10.8 Å². The van der Waals surface area contributed by atoms with Crippen LogP contribution in [0.2, 0.25) is 0 Å². The highest BCUT2D eigenvalue weighted by atomic mass is 16.4. The van der Waals surface area contributed by atoms with Gasteiger partial charge < -0.3 is 27.2 Å². The lowest BCUT2D eigenvalue weighted by molar-refractivity contribution is -0.168. The smallest absolute Gasteiger partial charge is 0.330 e.